The molecular weight excluding hydrogens is 458 g/mol. The lowest BCUT2D eigenvalue weighted by Crippen LogP contribution is -2.48. The number of hydrogen-bond acceptors (Lipinski definition) is 4. The molecule has 0 unspecified atom stereocenters. The van der Waals surface area contributed by atoms with E-state index in [4.69, 9.17) is 16.3 Å². The zero-order valence-electron chi connectivity index (χ0n) is 20.0. The number of likely N-dealkylation sites (tertiary alicyclic amines) is 2. The fourth-order valence-electron chi connectivity index (χ4n) is 5.29. The summed E-state index contributed by atoms with van der Waals surface area (Å²) >= 11 is 5.97. The molecule has 182 valence electrons. The Morgan fingerprint density at radius 3 is 2.34 bits per heavy atom. The summed E-state index contributed by atoms with van der Waals surface area (Å²) in [5, 5.41) is 0.662. The smallest absolute Gasteiger partial charge is 0.253 e. The molecule has 1 aromatic heterocycles. The average molecular weight is 490 g/mol. The summed E-state index contributed by atoms with van der Waals surface area (Å²) in [5.41, 5.74) is 3.46. The van der Waals surface area contributed by atoms with Gasteiger partial charge in [-0.1, -0.05) is 29.8 Å². The van der Waals surface area contributed by atoms with Gasteiger partial charge in [-0.2, -0.15) is 0 Å². The highest BCUT2D eigenvalue weighted by molar-refractivity contribution is 6.30. The van der Waals surface area contributed by atoms with E-state index in [2.05, 4.69) is 28.1 Å². The van der Waals surface area contributed by atoms with Gasteiger partial charge in [0.05, 0.1) is 0 Å². The second-order valence-electron chi connectivity index (χ2n) is 9.87. The van der Waals surface area contributed by atoms with Crippen LogP contribution in [-0.4, -0.2) is 46.9 Å². The van der Waals surface area contributed by atoms with Gasteiger partial charge in [0.2, 0.25) is 0 Å². The van der Waals surface area contributed by atoms with Crippen molar-refractivity contribution in [3.8, 4) is 5.75 Å². The van der Waals surface area contributed by atoms with Crippen molar-refractivity contribution >= 4 is 17.5 Å². The molecule has 0 radical (unpaired) electrons. The molecule has 0 aliphatic carbocycles. The largest absolute Gasteiger partial charge is 0.489 e. The number of carbonyl (C=O) groups excluding carboxylic acids is 1. The summed E-state index contributed by atoms with van der Waals surface area (Å²) in [4.78, 5) is 21.6. The van der Waals surface area contributed by atoms with Crippen molar-refractivity contribution in [2.24, 2.45) is 5.41 Å². The van der Waals surface area contributed by atoms with Crippen LogP contribution in [0, 0.1) is 5.41 Å². The van der Waals surface area contributed by atoms with Gasteiger partial charge < -0.3 is 9.64 Å². The minimum Gasteiger partial charge on any atom is -0.489 e. The zero-order valence-corrected chi connectivity index (χ0v) is 20.8. The van der Waals surface area contributed by atoms with E-state index in [9.17, 15) is 4.79 Å². The van der Waals surface area contributed by atoms with Crippen LogP contribution in [0.15, 0.2) is 73.1 Å². The Hall–Kier alpha value is -2.89. The fraction of sp³-hybridized carbons (Fsp3) is 0.379. The van der Waals surface area contributed by atoms with E-state index in [-0.39, 0.29) is 5.91 Å². The van der Waals surface area contributed by atoms with Crippen molar-refractivity contribution in [1.29, 1.82) is 0 Å². The van der Waals surface area contributed by atoms with E-state index in [1.165, 1.54) is 18.4 Å². The van der Waals surface area contributed by atoms with Crippen molar-refractivity contribution in [3.05, 3.63) is 94.8 Å². The molecule has 1 amide bonds. The van der Waals surface area contributed by atoms with Crippen LogP contribution in [0.25, 0.3) is 0 Å². The summed E-state index contributed by atoms with van der Waals surface area (Å²) in [6.07, 6.45) is 8.21. The van der Waals surface area contributed by atoms with Crippen LogP contribution in [0.4, 0.5) is 0 Å². The van der Waals surface area contributed by atoms with Gasteiger partial charge in [0.25, 0.3) is 5.91 Å². The summed E-state index contributed by atoms with van der Waals surface area (Å²) in [5.74, 6) is 1.03. The van der Waals surface area contributed by atoms with E-state index in [0.29, 0.717) is 17.0 Å². The number of carbonyl (C=O) groups is 1. The maximum atomic E-state index is 12.9. The third-order valence-corrected chi connectivity index (χ3v) is 7.80. The quantitative estimate of drug-likeness (QED) is 0.437. The number of nitrogens with zero attached hydrogens (tertiary/aromatic N) is 3. The first-order valence-corrected chi connectivity index (χ1v) is 12.8. The summed E-state index contributed by atoms with van der Waals surface area (Å²) in [6, 6.07) is 19.6. The van der Waals surface area contributed by atoms with Crippen molar-refractivity contribution in [1.82, 2.24) is 14.8 Å². The molecule has 0 bridgehead atoms. The summed E-state index contributed by atoms with van der Waals surface area (Å²) in [6.45, 7) is 5.37. The first kappa shape index (κ1) is 23.8. The van der Waals surface area contributed by atoms with Crippen LogP contribution in [0.5, 0.6) is 5.75 Å². The molecule has 3 aromatic rings. The van der Waals surface area contributed by atoms with Gasteiger partial charge in [-0.15, -0.1) is 0 Å². The lowest BCUT2D eigenvalue weighted by molar-refractivity contribution is 0.0285. The molecule has 5 nitrogen and oxygen atoms in total. The lowest BCUT2D eigenvalue weighted by atomic mass is 9.71. The fourth-order valence-corrected chi connectivity index (χ4v) is 5.41. The van der Waals surface area contributed by atoms with Gasteiger partial charge in [-0.05, 0) is 92.2 Å². The zero-order chi connectivity index (χ0) is 24.1. The predicted molar refractivity (Wildman–Crippen MR) is 139 cm³/mol. The average Bonchev–Trinajstić information content (AvgIpc) is 2.90. The lowest BCUT2D eigenvalue weighted by Gasteiger charge is -2.47. The van der Waals surface area contributed by atoms with Gasteiger partial charge in [-0.25, -0.2) is 0 Å². The number of halogens is 1. The highest BCUT2D eigenvalue weighted by Gasteiger charge is 2.38. The first-order valence-electron chi connectivity index (χ1n) is 12.5. The minimum absolute atomic E-state index is 0.125. The van der Waals surface area contributed by atoms with Crippen LogP contribution in [0.1, 0.15) is 47.2 Å². The molecule has 3 heterocycles. The molecule has 35 heavy (non-hydrogen) atoms. The molecule has 5 rings (SSSR count). The van der Waals surface area contributed by atoms with Crippen LogP contribution in [0.2, 0.25) is 5.02 Å². The molecule has 1 spiro atoms. The van der Waals surface area contributed by atoms with Crippen molar-refractivity contribution < 1.29 is 9.53 Å². The predicted octanol–water partition coefficient (Wildman–Crippen LogP) is 5.83. The molecule has 2 saturated heterocycles. The first-order chi connectivity index (χ1) is 17.1. The standard InChI is InChI=1S/C29H32ClN3O2/c30-26-8-6-25(7-9-26)28(34)33-17-12-29(13-18-33)10-15-32(16-11-29)21-23-3-1-5-27(19-23)35-22-24-4-2-14-31-20-24/h1-9,14,19-20H,10-13,15-18,21-22H2. The Bertz CT molecular complexity index is 1120. The SMILES string of the molecule is O=C(c1ccc(Cl)cc1)N1CCC2(CCN(Cc3cccc(OCc4cccnc4)c3)CC2)CC1. The normalized spacial score (nSPS) is 17.9. The van der Waals surface area contributed by atoms with Gasteiger partial charge in [-0.3, -0.25) is 14.7 Å². The van der Waals surface area contributed by atoms with E-state index in [1.54, 1.807) is 18.3 Å². The maximum Gasteiger partial charge on any atom is 0.253 e. The minimum atomic E-state index is 0.125. The van der Waals surface area contributed by atoms with E-state index >= 15 is 0 Å². The number of ether oxygens (including phenoxy) is 1. The highest BCUT2D eigenvalue weighted by atomic mass is 35.5. The summed E-state index contributed by atoms with van der Waals surface area (Å²) < 4.78 is 5.98. The van der Waals surface area contributed by atoms with Gasteiger partial charge in [0.15, 0.2) is 0 Å². The third-order valence-electron chi connectivity index (χ3n) is 7.55. The number of rotatable bonds is 6. The molecular formula is C29H32ClN3O2. The molecule has 2 aromatic carbocycles. The number of pyridine rings is 1. The third kappa shape index (κ3) is 6.03. The monoisotopic (exact) mass is 489 g/mol. The van der Waals surface area contributed by atoms with Gasteiger partial charge >= 0.3 is 0 Å². The Kier molecular flexibility index (Phi) is 7.35. The van der Waals surface area contributed by atoms with Gasteiger partial charge in [0, 0.05) is 48.2 Å². The van der Waals surface area contributed by atoms with E-state index in [1.807, 2.05) is 41.4 Å². The molecule has 0 atom stereocenters. The molecule has 2 fully saturated rings. The topological polar surface area (TPSA) is 45.7 Å². The van der Waals surface area contributed by atoms with Crippen molar-refractivity contribution in [2.45, 2.75) is 38.8 Å². The maximum absolute atomic E-state index is 12.9. The Morgan fingerprint density at radius 1 is 0.914 bits per heavy atom. The van der Waals surface area contributed by atoms with Crippen LogP contribution in [-0.2, 0) is 13.2 Å². The molecule has 0 N–H and O–H groups in total. The number of piperidine rings is 2. The van der Waals surface area contributed by atoms with Crippen LogP contribution < -0.4 is 4.74 Å². The number of amides is 1. The Labute approximate surface area is 212 Å². The van der Waals surface area contributed by atoms with Crippen LogP contribution >= 0.6 is 11.6 Å². The van der Waals surface area contributed by atoms with Crippen LogP contribution in [0.3, 0.4) is 0 Å². The van der Waals surface area contributed by atoms with E-state index < -0.39 is 0 Å². The van der Waals surface area contributed by atoms with Crippen molar-refractivity contribution in [3.63, 3.8) is 0 Å². The van der Waals surface area contributed by atoms with Gasteiger partial charge in [0.1, 0.15) is 12.4 Å². The number of aromatic nitrogens is 1. The molecule has 2 aliphatic rings. The Morgan fingerprint density at radius 2 is 1.63 bits per heavy atom. The van der Waals surface area contributed by atoms with E-state index in [0.717, 1.165) is 62.4 Å². The second-order valence-corrected chi connectivity index (χ2v) is 10.3. The number of benzene rings is 2. The Balaban J connectivity index is 1.09. The second kappa shape index (κ2) is 10.8. The highest BCUT2D eigenvalue weighted by Crippen LogP contribution is 2.41. The molecule has 2 aliphatic heterocycles. The number of hydrogen-bond donors (Lipinski definition) is 0. The molecule has 0 saturated carbocycles. The van der Waals surface area contributed by atoms with Crippen molar-refractivity contribution in [2.75, 3.05) is 26.2 Å². The molecule has 6 heteroatoms. The summed E-state index contributed by atoms with van der Waals surface area (Å²) in [7, 11) is 0.